The Balaban J connectivity index is 2.21. The van der Waals surface area contributed by atoms with Gasteiger partial charge in [-0.05, 0) is 29.4 Å². The maximum atomic E-state index is 2.31. The van der Waals surface area contributed by atoms with E-state index in [9.17, 15) is 0 Å². The zero-order chi connectivity index (χ0) is 10.2. The monoisotopic (exact) mass is 186 g/mol. The van der Waals surface area contributed by atoms with Crippen molar-refractivity contribution in [3.63, 3.8) is 0 Å². The zero-order valence-electron chi connectivity index (χ0n) is 9.30. The predicted molar refractivity (Wildman–Crippen MR) is 62.4 cm³/mol. The van der Waals surface area contributed by atoms with Crippen molar-refractivity contribution in [1.82, 2.24) is 0 Å². The molecule has 1 aliphatic carbocycles. The highest BCUT2D eigenvalue weighted by Gasteiger charge is 2.13. The highest BCUT2D eigenvalue weighted by molar-refractivity contribution is 5.56. The molecule has 0 unspecified atom stereocenters. The van der Waals surface area contributed by atoms with Crippen LogP contribution in [-0.2, 0) is 5.41 Å². The van der Waals surface area contributed by atoms with Gasteiger partial charge >= 0.3 is 0 Å². The fourth-order valence-electron chi connectivity index (χ4n) is 1.53. The first-order valence-corrected chi connectivity index (χ1v) is 5.36. The SMILES string of the molecule is CC(C)(C)c1ccc(C=C2CC2)cc1. The topological polar surface area (TPSA) is 0 Å². The average Bonchev–Trinajstić information content (AvgIpc) is 2.88. The number of rotatable bonds is 1. The van der Waals surface area contributed by atoms with Gasteiger partial charge in [0.25, 0.3) is 0 Å². The highest BCUT2D eigenvalue weighted by atomic mass is 14.2. The minimum Gasteiger partial charge on any atom is -0.0690 e. The van der Waals surface area contributed by atoms with Crippen molar-refractivity contribution >= 4 is 6.08 Å². The van der Waals surface area contributed by atoms with Crippen molar-refractivity contribution in [2.75, 3.05) is 0 Å². The molecule has 1 saturated carbocycles. The van der Waals surface area contributed by atoms with Gasteiger partial charge in [-0.3, -0.25) is 0 Å². The zero-order valence-corrected chi connectivity index (χ0v) is 9.30. The molecule has 0 bridgehead atoms. The first-order valence-electron chi connectivity index (χ1n) is 5.36. The summed E-state index contributed by atoms with van der Waals surface area (Å²) in [6.07, 6.45) is 4.93. The van der Waals surface area contributed by atoms with E-state index in [0.717, 1.165) is 0 Å². The highest BCUT2D eigenvalue weighted by Crippen LogP contribution is 2.30. The molecule has 0 spiro atoms. The van der Waals surface area contributed by atoms with Crippen LogP contribution >= 0.6 is 0 Å². The van der Waals surface area contributed by atoms with E-state index in [0.29, 0.717) is 0 Å². The van der Waals surface area contributed by atoms with E-state index in [1.165, 1.54) is 24.0 Å². The van der Waals surface area contributed by atoms with Crippen molar-refractivity contribution in [3.05, 3.63) is 41.0 Å². The van der Waals surface area contributed by atoms with Gasteiger partial charge in [-0.1, -0.05) is 56.7 Å². The second kappa shape index (κ2) is 3.27. The predicted octanol–water partition coefficient (Wildman–Crippen LogP) is 4.16. The van der Waals surface area contributed by atoms with Crippen LogP contribution in [-0.4, -0.2) is 0 Å². The number of hydrogen-bond donors (Lipinski definition) is 0. The number of benzene rings is 1. The third kappa shape index (κ3) is 2.25. The molecule has 0 heteroatoms. The van der Waals surface area contributed by atoms with E-state index >= 15 is 0 Å². The Kier molecular flexibility index (Phi) is 2.22. The fraction of sp³-hybridized carbons (Fsp3) is 0.429. The maximum Gasteiger partial charge on any atom is -0.0132 e. The lowest BCUT2D eigenvalue weighted by Gasteiger charge is -2.18. The average molecular weight is 186 g/mol. The molecule has 14 heavy (non-hydrogen) atoms. The Morgan fingerprint density at radius 2 is 1.57 bits per heavy atom. The van der Waals surface area contributed by atoms with Gasteiger partial charge in [-0.25, -0.2) is 0 Å². The van der Waals surface area contributed by atoms with Gasteiger partial charge in [0.1, 0.15) is 0 Å². The van der Waals surface area contributed by atoms with Crippen LogP contribution in [0.3, 0.4) is 0 Å². The minimum atomic E-state index is 0.269. The van der Waals surface area contributed by atoms with Gasteiger partial charge in [0.15, 0.2) is 0 Å². The molecule has 2 rings (SSSR count). The normalized spacial score (nSPS) is 15.5. The molecule has 0 radical (unpaired) electrons. The Hall–Kier alpha value is -1.04. The molecule has 0 N–H and O–H groups in total. The van der Waals surface area contributed by atoms with Gasteiger partial charge in [0.2, 0.25) is 0 Å². The summed E-state index contributed by atoms with van der Waals surface area (Å²) in [5.74, 6) is 0. The van der Waals surface area contributed by atoms with Gasteiger partial charge in [0.05, 0.1) is 0 Å². The van der Waals surface area contributed by atoms with Crippen LogP contribution in [0, 0.1) is 0 Å². The van der Waals surface area contributed by atoms with E-state index in [1.54, 1.807) is 5.57 Å². The van der Waals surface area contributed by atoms with Crippen LogP contribution in [0.25, 0.3) is 6.08 Å². The summed E-state index contributed by atoms with van der Waals surface area (Å²) in [5.41, 5.74) is 4.63. The largest absolute Gasteiger partial charge is 0.0690 e. The molecule has 74 valence electrons. The smallest absolute Gasteiger partial charge is 0.0132 e. The first kappa shape index (κ1) is 9.51. The van der Waals surface area contributed by atoms with Crippen LogP contribution in [0.2, 0.25) is 0 Å². The first-order chi connectivity index (χ1) is 6.55. The van der Waals surface area contributed by atoms with Crippen LogP contribution < -0.4 is 0 Å². The van der Waals surface area contributed by atoms with Crippen molar-refractivity contribution in [3.8, 4) is 0 Å². The molecule has 1 aromatic carbocycles. The maximum absolute atomic E-state index is 2.31. The summed E-state index contributed by atoms with van der Waals surface area (Å²) in [7, 11) is 0. The minimum absolute atomic E-state index is 0.269. The molecule has 0 atom stereocenters. The number of hydrogen-bond acceptors (Lipinski definition) is 0. The van der Waals surface area contributed by atoms with Gasteiger partial charge in [-0.2, -0.15) is 0 Å². The third-order valence-electron chi connectivity index (χ3n) is 2.69. The van der Waals surface area contributed by atoms with Crippen molar-refractivity contribution in [2.45, 2.75) is 39.0 Å². The Morgan fingerprint density at radius 1 is 1.00 bits per heavy atom. The summed E-state index contributed by atoms with van der Waals surface area (Å²) < 4.78 is 0. The van der Waals surface area contributed by atoms with Crippen LogP contribution in [0.4, 0.5) is 0 Å². The van der Waals surface area contributed by atoms with E-state index < -0.39 is 0 Å². The summed E-state index contributed by atoms with van der Waals surface area (Å²) in [6.45, 7) is 6.75. The van der Waals surface area contributed by atoms with Gasteiger partial charge in [0, 0.05) is 0 Å². The van der Waals surface area contributed by atoms with Crippen molar-refractivity contribution in [2.24, 2.45) is 0 Å². The Bertz CT molecular complexity index is 341. The van der Waals surface area contributed by atoms with Crippen LogP contribution in [0.15, 0.2) is 29.8 Å². The van der Waals surface area contributed by atoms with Gasteiger partial charge in [-0.15, -0.1) is 0 Å². The standard InChI is InChI=1S/C14H18/c1-14(2,3)13-8-6-12(7-9-13)10-11-4-5-11/h6-10H,4-5H2,1-3H3. The molecule has 0 aliphatic heterocycles. The third-order valence-corrected chi connectivity index (χ3v) is 2.69. The Labute approximate surface area is 86.7 Å². The molecule has 1 aromatic rings. The molecule has 0 nitrogen and oxygen atoms in total. The van der Waals surface area contributed by atoms with Crippen LogP contribution in [0.1, 0.15) is 44.7 Å². The van der Waals surface area contributed by atoms with Crippen LogP contribution in [0.5, 0.6) is 0 Å². The van der Waals surface area contributed by atoms with Gasteiger partial charge < -0.3 is 0 Å². The quantitative estimate of drug-likeness (QED) is 0.617. The molecule has 1 aliphatic rings. The Morgan fingerprint density at radius 3 is 2.00 bits per heavy atom. The lowest BCUT2D eigenvalue weighted by Crippen LogP contribution is -2.10. The molecule has 1 fully saturated rings. The van der Waals surface area contributed by atoms with E-state index in [2.05, 4.69) is 51.1 Å². The molecular formula is C14H18. The second-order valence-electron chi connectivity index (χ2n) is 5.17. The summed E-state index contributed by atoms with van der Waals surface area (Å²) in [4.78, 5) is 0. The molecule has 0 amide bonds. The van der Waals surface area contributed by atoms with Crippen molar-refractivity contribution < 1.29 is 0 Å². The number of allylic oxidation sites excluding steroid dienone is 1. The second-order valence-corrected chi connectivity index (χ2v) is 5.17. The summed E-state index contributed by atoms with van der Waals surface area (Å²) in [5, 5.41) is 0. The van der Waals surface area contributed by atoms with E-state index in [1.807, 2.05) is 0 Å². The lowest BCUT2D eigenvalue weighted by atomic mass is 9.87. The van der Waals surface area contributed by atoms with E-state index in [-0.39, 0.29) is 5.41 Å². The fourth-order valence-corrected chi connectivity index (χ4v) is 1.53. The van der Waals surface area contributed by atoms with E-state index in [4.69, 9.17) is 0 Å². The molecule has 0 aromatic heterocycles. The summed E-state index contributed by atoms with van der Waals surface area (Å²) >= 11 is 0. The summed E-state index contributed by atoms with van der Waals surface area (Å²) in [6, 6.07) is 8.95. The van der Waals surface area contributed by atoms with Crippen molar-refractivity contribution in [1.29, 1.82) is 0 Å². The molecule has 0 saturated heterocycles. The molecular weight excluding hydrogens is 168 g/mol. The molecule has 0 heterocycles. The lowest BCUT2D eigenvalue weighted by molar-refractivity contribution is 0.590.